The second kappa shape index (κ2) is 6.28. The van der Waals surface area contributed by atoms with Crippen molar-refractivity contribution in [2.24, 2.45) is 4.40 Å². The van der Waals surface area contributed by atoms with Gasteiger partial charge in [0.25, 0.3) is 10.0 Å². The lowest BCUT2D eigenvalue weighted by Gasteiger charge is -2.15. The Morgan fingerprint density at radius 1 is 1.00 bits per heavy atom. The maximum atomic E-state index is 12.4. The Kier molecular flexibility index (Phi) is 4.65. The molecule has 0 aliphatic heterocycles. The molecule has 0 radical (unpaired) electrons. The van der Waals surface area contributed by atoms with Crippen LogP contribution in [0.2, 0.25) is 5.02 Å². The molecular formula is C15H15ClN2O2S. The normalized spacial score (nSPS) is 12.2. The predicted molar refractivity (Wildman–Crippen MR) is 85.3 cm³/mol. The van der Waals surface area contributed by atoms with E-state index in [1.54, 1.807) is 19.0 Å². The van der Waals surface area contributed by atoms with Crippen LogP contribution in [0.25, 0.3) is 0 Å². The zero-order valence-corrected chi connectivity index (χ0v) is 13.3. The Morgan fingerprint density at radius 3 is 2.10 bits per heavy atom. The van der Waals surface area contributed by atoms with Crippen molar-refractivity contribution in [3.05, 3.63) is 65.2 Å². The molecule has 4 nitrogen and oxygen atoms in total. The van der Waals surface area contributed by atoms with E-state index in [2.05, 4.69) is 4.40 Å². The molecule has 0 fully saturated rings. The van der Waals surface area contributed by atoms with Crippen LogP contribution in [-0.4, -0.2) is 33.2 Å². The summed E-state index contributed by atoms with van der Waals surface area (Å²) in [5, 5.41) is 0.480. The van der Waals surface area contributed by atoms with Gasteiger partial charge in [-0.05, 0) is 24.3 Å². The minimum atomic E-state index is -3.78. The van der Waals surface area contributed by atoms with Gasteiger partial charge in [0.15, 0.2) is 0 Å². The van der Waals surface area contributed by atoms with E-state index in [0.717, 1.165) is 5.56 Å². The average molecular weight is 323 g/mol. The van der Waals surface area contributed by atoms with Gasteiger partial charge in [0.05, 0.1) is 4.90 Å². The van der Waals surface area contributed by atoms with Crippen LogP contribution in [0.4, 0.5) is 0 Å². The molecule has 0 N–H and O–H groups in total. The molecule has 2 rings (SSSR count). The topological polar surface area (TPSA) is 49.7 Å². The number of halogens is 1. The molecule has 0 aliphatic rings. The lowest BCUT2D eigenvalue weighted by Crippen LogP contribution is -2.24. The third-order valence-electron chi connectivity index (χ3n) is 2.77. The first-order valence-electron chi connectivity index (χ1n) is 6.23. The highest BCUT2D eigenvalue weighted by atomic mass is 35.5. The third-order valence-corrected chi connectivity index (χ3v) is 4.31. The van der Waals surface area contributed by atoms with E-state index in [1.807, 2.05) is 30.3 Å². The highest BCUT2D eigenvalue weighted by molar-refractivity contribution is 7.90. The van der Waals surface area contributed by atoms with E-state index in [-0.39, 0.29) is 4.90 Å². The number of hydrogen-bond donors (Lipinski definition) is 0. The number of nitrogens with zero attached hydrogens (tertiary/aromatic N) is 2. The number of rotatable bonds is 3. The minimum Gasteiger partial charge on any atom is -0.362 e. The van der Waals surface area contributed by atoms with Gasteiger partial charge in [-0.3, -0.25) is 0 Å². The van der Waals surface area contributed by atoms with Gasteiger partial charge in [0.1, 0.15) is 5.84 Å². The number of hydrogen-bond acceptors (Lipinski definition) is 2. The van der Waals surface area contributed by atoms with Crippen molar-refractivity contribution in [2.45, 2.75) is 4.90 Å². The minimum absolute atomic E-state index is 0.113. The van der Waals surface area contributed by atoms with Crippen molar-refractivity contribution >= 4 is 27.5 Å². The third kappa shape index (κ3) is 3.83. The van der Waals surface area contributed by atoms with Gasteiger partial charge in [-0.25, -0.2) is 0 Å². The number of benzene rings is 2. The summed E-state index contributed by atoms with van der Waals surface area (Å²) >= 11 is 5.77. The Labute approximate surface area is 129 Å². The van der Waals surface area contributed by atoms with Crippen LogP contribution in [0.3, 0.4) is 0 Å². The molecule has 0 unspecified atom stereocenters. The molecule has 2 aromatic rings. The van der Waals surface area contributed by atoms with Crippen LogP contribution >= 0.6 is 11.6 Å². The highest BCUT2D eigenvalue weighted by Gasteiger charge is 2.16. The van der Waals surface area contributed by atoms with Crippen LogP contribution in [0, 0.1) is 0 Å². The fourth-order valence-electron chi connectivity index (χ4n) is 1.75. The Morgan fingerprint density at radius 2 is 1.57 bits per heavy atom. The van der Waals surface area contributed by atoms with Crippen LogP contribution in [0.1, 0.15) is 5.56 Å². The van der Waals surface area contributed by atoms with Gasteiger partial charge in [-0.2, -0.15) is 8.42 Å². The van der Waals surface area contributed by atoms with E-state index in [4.69, 9.17) is 11.6 Å². The summed E-state index contributed by atoms with van der Waals surface area (Å²) in [4.78, 5) is 1.78. The van der Waals surface area contributed by atoms with Gasteiger partial charge in [-0.1, -0.05) is 41.9 Å². The zero-order chi connectivity index (χ0) is 15.5. The quantitative estimate of drug-likeness (QED) is 0.644. The molecule has 110 valence electrons. The first-order chi connectivity index (χ1) is 9.90. The number of sulfonamides is 1. The summed E-state index contributed by atoms with van der Waals surface area (Å²) in [5.74, 6) is 0.380. The molecule has 0 atom stereocenters. The zero-order valence-electron chi connectivity index (χ0n) is 11.7. The van der Waals surface area contributed by atoms with Crippen LogP contribution < -0.4 is 0 Å². The lowest BCUT2D eigenvalue weighted by molar-refractivity contribution is 0.592. The van der Waals surface area contributed by atoms with E-state index in [0.29, 0.717) is 10.9 Å². The molecule has 0 heterocycles. The maximum absolute atomic E-state index is 12.4. The van der Waals surface area contributed by atoms with Crippen LogP contribution in [0.5, 0.6) is 0 Å². The van der Waals surface area contributed by atoms with E-state index in [9.17, 15) is 8.42 Å². The van der Waals surface area contributed by atoms with Crippen LogP contribution in [0.15, 0.2) is 63.9 Å². The molecule has 2 aromatic carbocycles. The fraction of sp³-hybridized carbons (Fsp3) is 0.133. The standard InChI is InChI=1S/C15H15ClN2O2S/c1-18(2)15(12-6-4-3-5-7-12)17-21(19,20)14-10-8-13(16)9-11-14/h3-11H,1-2H3. The lowest BCUT2D eigenvalue weighted by atomic mass is 10.2. The Balaban J connectivity index is 2.49. The van der Waals surface area contributed by atoms with E-state index in [1.165, 1.54) is 24.3 Å². The summed E-state index contributed by atoms with van der Waals surface area (Å²) in [6.07, 6.45) is 0. The monoisotopic (exact) mass is 322 g/mol. The molecule has 0 aliphatic carbocycles. The van der Waals surface area contributed by atoms with Crippen LogP contribution in [-0.2, 0) is 10.0 Å². The van der Waals surface area contributed by atoms with Crippen molar-refractivity contribution in [1.82, 2.24) is 4.90 Å². The summed E-state index contributed by atoms with van der Waals surface area (Å²) in [5.41, 5.74) is 0.736. The highest BCUT2D eigenvalue weighted by Crippen LogP contribution is 2.17. The molecule has 21 heavy (non-hydrogen) atoms. The fourth-order valence-corrected chi connectivity index (χ4v) is 2.96. The van der Waals surface area contributed by atoms with Gasteiger partial charge in [-0.15, -0.1) is 4.40 Å². The first kappa shape index (κ1) is 15.5. The summed E-state index contributed by atoms with van der Waals surface area (Å²) in [6, 6.07) is 15.1. The molecule has 0 amide bonds. The average Bonchev–Trinajstić information content (AvgIpc) is 2.46. The molecular weight excluding hydrogens is 308 g/mol. The van der Waals surface area contributed by atoms with Gasteiger partial charge in [0, 0.05) is 24.7 Å². The predicted octanol–water partition coefficient (Wildman–Crippen LogP) is 3.04. The van der Waals surface area contributed by atoms with Gasteiger partial charge in [0.2, 0.25) is 0 Å². The van der Waals surface area contributed by atoms with Crippen molar-refractivity contribution in [1.29, 1.82) is 0 Å². The van der Waals surface area contributed by atoms with Crippen molar-refractivity contribution < 1.29 is 8.42 Å². The van der Waals surface area contributed by atoms with Gasteiger partial charge >= 0.3 is 0 Å². The van der Waals surface area contributed by atoms with Gasteiger partial charge < -0.3 is 4.90 Å². The summed E-state index contributed by atoms with van der Waals surface area (Å²) < 4.78 is 28.7. The second-order valence-electron chi connectivity index (χ2n) is 4.60. The Hall–Kier alpha value is -1.85. The number of amidine groups is 1. The molecule has 0 spiro atoms. The van der Waals surface area contributed by atoms with E-state index < -0.39 is 10.0 Å². The first-order valence-corrected chi connectivity index (χ1v) is 8.05. The van der Waals surface area contributed by atoms with E-state index >= 15 is 0 Å². The maximum Gasteiger partial charge on any atom is 0.284 e. The molecule has 0 bridgehead atoms. The molecule has 6 heteroatoms. The second-order valence-corrected chi connectivity index (χ2v) is 6.64. The molecule has 0 saturated heterocycles. The molecule has 0 aromatic heterocycles. The smallest absolute Gasteiger partial charge is 0.284 e. The summed E-state index contributed by atoms with van der Waals surface area (Å²) in [6.45, 7) is 0. The van der Waals surface area contributed by atoms with Crippen molar-refractivity contribution in [3.63, 3.8) is 0 Å². The summed E-state index contributed by atoms with van der Waals surface area (Å²) in [7, 11) is -0.275. The Bertz CT molecular complexity index is 739. The van der Waals surface area contributed by atoms with Crippen molar-refractivity contribution in [3.8, 4) is 0 Å². The molecule has 0 saturated carbocycles. The SMILES string of the molecule is CN(C)C(=NS(=O)(=O)c1ccc(Cl)cc1)c1ccccc1. The van der Waals surface area contributed by atoms with Crippen molar-refractivity contribution in [2.75, 3.05) is 14.1 Å². The largest absolute Gasteiger partial charge is 0.362 e.